The second kappa shape index (κ2) is 6.57. The van der Waals surface area contributed by atoms with E-state index in [-0.39, 0.29) is 0 Å². The van der Waals surface area contributed by atoms with Gasteiger partial charge < -0.3 is 5.32 Å². The van der Waals surface area contributed by atoms with Crippen LogP contribution in [0.5, 0.6) is 0 Å². The minimum Gasteiger partial charge on any atom is -0.310 e. The number of nitrogens with one attached hydrogen (secondary N) is 1. The monoisotopic (exact) mass is 298 g/mol. The van der Waals surface area contributed by atoms with E-state index in [9.17, 15) is 0 Å². The second-order valence-electron chi connectivity index (χ2n) is 4.19. The largest absolute Gasteiger partial charge is 0.310 e. The van der Waals surface area contributed by atoms with E-state index in [1.807, 2.05) is 23.7 Å². The van der Waals surface area contributed by atoms with Gasteiger partial charge in [0.25, 0.3) is 0 Å². The molecule has 2 nitrogen and oxygen atoms in total. The molecule has 96 valence electrons. The number of halogens is 1. The van der Waals surface area contributed by atoms with Gasteiger partial charge >= 0.3 is 0 Å². The van der Waals surface area contributed by atoms with Gasteiger partial charge in [-0.05, 0) is 17.7 Å². The summed E-state index contributed by atoms with van der Waals surface area (Å²) in [4.78, 5) is 5.47. The Morgan fingerprint density at radius 3 is 2.94 bits per heavy atom. The van der Waals surface area contributed by atoms with Crippen LogP contribution in [0.25, 0.3) is 0 Å². The van der Waals surface area contributed by atoms with Crippen molar-refractivity contribution in [3.63, 3.8) is 0 Å². The molecule has 0 bridgehead atoms. The van der Waals surface area contributed by atoms with Gasteiger partial charge in [0.05, 0.1) is 0 Å². The van der Waals surface area contributed by atoms with E-state index in [1.165, 1.54) is 10.5 Å². The van der Waals surface area contributed by atoms with E-state index in [0.29, 0.717) is 6.04 Å². The van der Waals surface area contributed by atoms with Crippen molar-refractivity contribution in [3.05, 3.63) is 40.4 Å². The molecule has 0 radical (unpaired) electrons. The molecule has 0 saturated heterocycles. The first-order valence-corrected chi connectivity index (χ1v) is 7.81. The van der Waals surface area contributed by atoms with E-state index in [2.05, 4.69) is 30.2 Å². The number of hydrogen-bond donors (Lipinski definition) is 1. The molecule has 1 aromatic carbocycles. The molecule has 0 unspecified atom stereocenters. The maximum Gasteiger partial charge on any atom is 0.154 e. The topological polar surface area (TPSA) is 24.9 Å². The lowest BCUT2D eigenvalue weighted by Crippen LogP contribution is -2.22. The molecular weight excluding hydrogens is 284 g/mol. The molecular formula is C13H15ClN2S2. The zero-order chi connectivity index (χ0) is 13.0. The quantitative estimate of drug-likeness (QED) is 0.883. The highest BCUT2D eigenvalue weighted by Crippen LogP contribution is 2.33. The third-order valence-corrected chi connectivity index (χ3v) is 4.56. The van der Waals surface area contributed by atoms with Crippen molar-refractivity contribution < 1.29 is 0 Å². The molecule has 0 amide bonds. The van der Waals surface area contributed by atoms with Crippen LogP contribution in [0.1, 0.15) is 19.4 Å². The Hall–Kier alpha value is -0.550. The molecule has 0 spiro atoms. The maximum atomic E-state index is 6.07. The first-order valence-electron chi connectivity index (χ1n) is 5.74. The van der Waals surface area contributed by atoms with Crippen LogP contribution in [-0.2, 0) is 6.54 Å². The van der Waals surface area contributed by atoms with Crippen LogP contribution >= 0.6 is 34.7 Å². The number of rotatable bonds is 5. The maximum absolute atomic E-state index is 6.07. The van der Waals surface area contributed by atoms with Crippen molar-refractivity contribution in [2.45, 2.75) is 35.7 Å². The predicted octanol–water partition coefficient (Wildman–Crippen LogP) is 4.45. The van der Waals surface area contributed by atoms with Crippen LogP contribution in [0.15, 0.2) is 39.0 Å². The number of benzene rings is 1. The van der Waals surface area contributed by atoms with Crippen LogP contribution in [-0.4, -0.2) is 11.0 Å². The molecule has 2 rings (SSSR count). The van der Waals surface area contributed by atoms with Gasteiger partial charge in [-0.1, -0.05) is 43.3 Å². The van der Waals surface area contributed by atoms with Gasteiger partial charge in [-0.2, -0.15) is 0 Å². The highest BCUT2D eigenvalue weighted by Gasteiger charge is 2.07. The summed E-state index contributed by atoms with van der Waals surface area (Å²) < 4.78 is 1.04. The van der Waals surface area contributed by atoms with Crippen LogP contribution in [0.2, 0.25) is 5.02 Å². The Morgan fingerprint density at radius 1 is 1.44 bits per heavy atom. The van der Waals surface area contributed by atoms with Crippen molar-refractivity contribution in [1.82, 2.24) is 10.3 Å². The Morgan fingerprint density at radius 2 is 2.28 bits per heavy atom. The summed E-state index contributed by atoms with van der Waals surface area (Å²) in [6.07, 6.45) is 1.82. The number of hydrogen-bond acceptors (Lipinski definition) is 4. The average molecular weight is 299 g/mol. The minimum atomic E-state index is 0.471. The Kier molecular flexibility index (Phi) is 5.06. The third-order valence-electron chi connectivity index (χ3n) is 2.34. The summed E-state index contributed by atoms with van der Waals surface area (Å²) in [5.41, 5.74) is 1.26. The molecule has 18 heavy (non-hydrogen) atoms. The van der Waals surface area contributed by atoms with Gasteiger partial charge in [-0.25, -0.2) is 4.98 Å². The summed E-state index contributed by atoms with van der Waals surface area (Å²) in [6, 6.07) is 6.49. The van der Waals surface area contributed by atoms with Crippen molar-refractivity contribution in [3.8, 4) is 0 Å². The molecule has 2 aromatic rings. The average Bonchev–Trinajstić information content (AvgIpc) is 2.80. The number of aromatic nitrogens is 1. The fraction of sp³-hybridized carbons (Fsp3) is 0.308. The standard InChI is InChI=1S/C13H15ClN2S2/c1-9(2)16-8-10-3-4-11(14)7-12(10)18-13-15-5-6-17-13/h3-7,9,16H,8H2,1-2H3. The summed E-state index contributed by atoms with van der Waals surface area (Å²) in [5.74, 6) is 0. The van der Waals surface area contributed by atoms with Gasteiger partial charge in [0.15, 0.2) is 4.34 Å². The molecule has 1 aromatic heterocycles. The van der Waals surface area contributed by atoms with E-state index >= 15 is 0 Å². The normalized spacial score (nSPS) is 11.1. The van der Waals surface area contributed by atoms with E-state index in [1.54, 1.807) is 23.1 Å². The molecule has 0 fully saturated rings. The van der Waals surface area contributed by atoms with E-state index in [0.717, 1.165) is 15.9 Å². The zero-order valence-corrected chi connectivity index (χ0v) is 12.7. The van der Waals surface area contributed by atoms with Crippen LogP contribution in [0.3, 0.4) is 0 Å². The summed E-state index contributed by atoms with van der Waals surface area (Å²) in [5, 5.41) is 6.18. The molecule has 0 atom stereocenters. The van der Waals surface area contributed by atoms with Crippen LogP contribution in [0, 0.1) is 0 Å². The highest BCUT2D eigenvalue weighted by molar-refractivity contribution is 8.01. The van der Waals surface area contributed by atoms with Crippen molar-refractivity contribution in [1.29, 1.82) is 0 Å². The van der Waals surface area contributed by atoms with Crippen molar-refractivity contribution >= 4 is 34.7 Å². The summed E-state index contributed by atoms with van der Waals surface area (Å²) in [6.45, 7) is 5.13. The van der Waals surface area contributed by atoms with E-state index < -0.39 is 0 Å². The number of nitrogens with zero attached hydrogens (tertiary/aromatic N) is 1. The first-order chi connectivity index (χ1) is 8.65. The molecule has 1 N–H and O–H groups in total. The minimum absolute atomic E-state index is 0.471. The molecule has 0 aliphatic rings. The van der Waals surface area contributed by atoms with Crippen molar-refractivity contribution in [2.75, 3.05) is 0 Å². The number of thiazole rings is 1. The molecule has 1 heterocycles. The van der Waals surface area contributed by atoms with Crippen molar-refractivity contribution in [2.24, 2.45) is 0 Å². The smallest absolute Gasteiger partial charge is 0.154 e. The highest BCUT2D eigenvalue weighted by atomic mass is 35.5. The van der Waals surface area contributed by atoms with Crippen LogP contribution in [0.4, 0.5) is 0 Å². The van der Waals surface area contributed by atoms with Crippen LogP contribution < -0.4 is 5.32 Å². The second-order valence-corrected chi connectivity index (χ2v) is 6.81. The lowest BCUT2D eigenvalue weighted by molar-refractivity contribution is 0.585. The van der Waals surface area contributed by atoms with E-state index in [4.69, 9.17) is 11.6 Å². The van der Waals surface area contributed by atoms with Gasteiger partial charge in [0, 0.05) is 34.1 Å². The summed E-state index contributed by atoms with van der Waals surface area (Å²) >= 11 is 9.38. The molecule has 0 aliphatic heterocycles. The lowest BCUT2D eigenvalue weighted by atomic mass is 10.2. The zero-order valence-electron chi connectivity index (χ0n) is 10.3. The fourth-order valence-electron chi connectivity index (χ4n) is 1.44. The Balaban J connectivity index is 2.17. The van der Waals surface area contributed by atoms with Gasteiger partial charge in [-0.3, -0.25) is 0 Å². The Labute approximate surface area is 121 Å². The lowest BCUT2D eigenvalue weighted by Gasteiger charge is -2.12. The predicted molar refractivity (Wildman–Crippen MR) is 79.7 cm³/mol. The van der Waals surface area contributed by atoms with Gasteiger partial charge in [-0.15, -0.1) is 11.3 Å². The Bertz CT molecular complexity index is 498. The molecule has 0 aliphatic carbocycles. The third kappa shape index (κ3) is 3.99. The molecule has 5 heteroatoms. The summed E-state index contributed by atoms with van der Waals surface area (Å²) in [7, 11) is 0. The van der Waals surface area contributed by atoms with Gasteiger partial charge in [0.2, 0.25) is 0 Å². The SMILES string of the molecule is CC(C)NCc1ccc(Cl)cc1Sc1nccs1. The van der Waals surface area contributed by atoms with Gasteiger partial charge in [0.1, 0.15) is 0 Å². The first kappa shape index (κ1) is 13.9. The molecule has 0 saturated carbocycles. The fourth-order valence-corrected chi connectivity index (χ4v) is 3.42.